The number of nitrogens with zero attached hydrogens (tertiary/aromatic N) is 3. The molecule has 0 radical (unpaired) electrons. The Morgan fingerprint density at radius 3 is 2.47 bits per heavy atom. The molecule has 5 heteroatoms. The highest BCUT2D eigenvalue weighted by Crippen LogP contribution is 2.19. The minimum absolute atomic E-state index is 0.0534. The number of aromatic nitrogens is 4. The summed E-state index contributed by atoms with van der Waals surface area (Å²) in [5.74, 6) is 0. The molecule has 88 valence electrons. The molecule has 0 spiro atoms. The van der Waals surface area contributed by atoms with Gasteiger partial charge in [0, 0.05) is 13.1 Å². The lowest BCUT2D eigenvalue weighted by Gasteiger charge is -1.97. The Labute approximate surface area is 97.7 Å². The third-order valence-electron chi connectivity index (χ3n) is 3.19. The van der Waals surface area contributed by atoms with Gasteiger partial charge in [-0.2, -0.15) is 0 Å². The molecule has 3 rings (SSSR count). The van der Waals surface area contributed by atoms with E-state index < -0.39 is 0 Å². The first-order valence-electron chi connectivity index (χ1n) is 5.82. The maximum Gasteiger partial charge on any atom is 0.329 e. The SMILES string of the molecule is CCn1c(=O)n(CC)c2cc3[nH]cnc3cc21. The van der Waals surface area contributed by atoms with E-state index in [1.165, 1.54) is 0 Å². The predicted molar refractivity (Wildman–Crippen MR) is 67.2 cm³/mol. The average Bonchev–Trinajstić information content (AvgIpc) is 2.87. The quantitative estimate of drug-likeness (QED) is 0.728. The summed E-state index contributed by atoms with van der Waals surface area (Å²) in [6.07, 6.45) is 1.67. The molecule has 1 N–H and O–H groups in total. The third-order valence-corrected chi connectivity index (χ3v) is 3.19. The van der Waals surface area contributed by atoms with Crippen LogP contribution in [0.2, 0.25) is 0 Å². The zero-order valence-corrected chi connectivity index (χ0v) is 9.90. The van der Waals surface area contributed by atoms with Gasteiger partial charge >= 0.3 is 5.69 Å². The van der Waals surface area contributed by atoms with E-state index in [1.54, 1.807) is 15.5 Å². The minimum atomic E-state index is 0.0534. The van der Waals surface area contributed by atoms with Crippen LogP contribution in [0.5, 0.6) is 0 Å². The van der Waals surface area contributed by atoms with Crippen LogP contribution in [0.4, 0.5) is 0 Å². The summed E-state index contributed by atoms with van der Waals surface area (Å²) in [4.78, 5) is 19.4. The highest BCUT2D eigenvalue weighted by molar-refractivity contribution is 5.91. The van der Waals surface area contributed by atoms with Crippen LogP contribution in [0.15, 0.2) is 23.3 Å². The van der Waals surface area contributed by atoms with E-state index in [0.29, 0.717) is 13.1 Å². The molecule has 0 aliphatic rings. The molecule has 3 aromatic rings. The molecular formula is C12H14N4O. The number of hydrogen-bond acceptors (Lipinski definition) is 2. The van der Waals surface area contributed by atoms with E-state index in [4.69, 9.17) is 0 Å². The third kappa shape index (κ3) is 1.25. The number of imidazole rings is 2. The molecule has 0 bridgehead atoms. The van der Waals surface area contributed by atoms with Crippen LogP contribution in [-0.4, -0.2) is 19.1 Å². The fraction of sp³-hybridized carbons (Fsp3) is 0.333. The Morgan fingerprint density at radius 2 is 1.82 bits per heavy atom. The van der Waals surface area contributed by atoms with Crippen molar-refractivity contribution in [3.05, 3.63) is 28.9 Å². The van der Waals surface area contributed by atoms with Crippen molar-refractivity contribution in [3.63, 3.8) is 0 Å². The number of rotatable bonds is 2. The normalized spacial score (nSPS) is 11.6. The summed E-state index contributed by atoms with van der Waals surface area (Å²) in [5.41, 5.74) is 3.84. The van der Waals surface area contributed by atoms with Gasteiger partial charge in [-0.1, -0.05) is 0 Å². The van der Waals surface area contributed by atoms with Gasteiger partial charge in [-0.25, -0.2) is 9.78 Å². The summed E-state index contributed by atoms with van der Waals surface area (Å²) in [6.45, 7) is 5.33. The number of H-pyrrole nitrogens is 1. The first-order chi connectivity index (χ1) is 8.26. The first kappa shape index (κ1) is 10.1. The van der Waals surface area contributed by atoms with Crippen molar-refractivity contribution >= 4 is 22.1 Å². The largest absolute Gasteiger partial charge is 0.345 e. The van der Waals surface area contributed by atoms with Gasteiger partial charge in [0.2, 0.25) is 0 Å². The van der Waals surface area contributed by atoms with Gasteiger partial charge in [-0.15, -0.1) is 0 Å². The fourth-order valence-corrected chi connectivity index (χ4v) is 2.35. The molecule has 17 heavy (non-hydrogen) atoms. The number of aromatic amines is 1. The Kier molecular flexibility index (Phi) is 2.07. The van der Waals surface area contributed by atoms with E-state index in [9.17, 15) is 4.79 Å². The second-order valence-corrected chi connectivity index (χ2v) is 4.03. The minimum Gasteiger partial charge on any atom is -0.345 e. The van der Waals surface area contributed by atoms with Crippen LogP contribution in [-0.2, 0) is 13.1 Å². The van der Waals surface area contributed by atoms with Gasteiger partial charge in [0.1, 0.15) is 0 Å². The molecule has 0 amide bonds. The van der Waals surface area contributed by atoms with Crippen molar-refractivity contribution < 1.29 is 0 Å². The van der Waals surface area contributed by atoms with Gasteiger partial charge in [0.05, 0.1) is 28.4 Å². The number of benzene rings is 1. The molecule has 0 saturated carbocycles. The standard InChI is InChI=1S/C12H14N4O/c1-3-15-10-5-8-9(14-7-13-8)6-11(10)16(4-2)12(15)17/h5-7H,3-4H2,1-2H3,(H,13,14). The summed E-state index contributed by atoms with van der Waals surface area (Å²) in [6, 6.07) is 3.97. The van der Waals surface area contributed by atoms with Crippen LogP contribution in [0.3, 0.4) is 0 Å². The highest BCUT2D eigenvalue weighted by Gasteiger charge is 2.12. The summed E-state index contributed by atoms with van der Waals surface area (Å²) >= 11 is 0. The smallest absolute Gasteiger partial charge is 0.329 e. The Bertz CT molecular complexity index is 688. The molecule has 0 fully saturated rings. The topological polar surface area (TPSA) is 55.6 Å². The van der Waals surface area contributed by atoms with Gasteiger partial charge in [-0.3, -0.25) is 9.13 Å². The lowest BCUT2D eigenvalue weighted by Crippen LogP contribution is -2.23. The molecule has 0 aliphatic carbocycles. The maximum atomic E-state index is 12.1. The monoisotopic (exact) mass is 230 g/mol. The summed E-state index contributed by atoms with van der Waals surface area (Å²) < 4.78 is 3.58. The van der Waals surface area contributed by atoms with Crippen molar-refractivity contribution in [2.45, 2.75) is 26.9 Å². The van der Waals surface area contributed by atoms with Gasteiger partial charge in [0.15, 0.2) is 0 Å². The molecule has 0 aliphatic heterocycles. The number of nitrogens with one attached hydrogen (secondary N) is 1. The Hall–Kier alpha value is -2.04. The second-order valence-electron chi connectivity index (χ2n) is 4.03. The number of fused-ring (bicyclic) bond motifs is 2. The lowest BCUT2D eigenvalue weighted by molar-refractivity contribution is 0.671. The van der Waals surface area contributed by atoms with Crippen molar-refractivity contribution in [3.8, 4) is 0 Å². The molecule has 2 aromatic heterocycles. The van der Waals surface area contributed by atoms with Gasteiger partial charge < -0.3 is 4.98 Å². The summed E-state index contributed by atoms with van der Waals surface area (Å²) in [5, 5.41) is 0. The van der Waals surface area contributed by atoms with Crippen LogP contribution in [0.1, 0.15) is 13.8 Å². The zero-order chi connectivity index (χ0) is 12.0. The van der Waals surface area contributed by atoms with Crippen LogP contribution in [0.25, 0.3) is 22.1 Å². The fourth-order valence-electron chi connectivity index (χ4n) is 2.35. The maximum absolute atomic E-state index is 12.1. The average molecular weight is 230 g/mol. The first-order valence-corrected chi connectivity index (χ1v) is 5.82. The lowest BCUT2D eigenvalue weighted by atomic mass is 10.2. The van der Waals surface area contributed by atoms with Gasteiger partial charge in [-0.05, 0) is 26.0 Å². The molecule has 5 nitrogen and oxygen atoms in total. The van der Waals surface area contributed by atoms with Crippen LogP contribution in [0, 0.1) is 0 Å². The number of aryl methyl sites for hydroxylation is 2. The van der Waals surface area contributed by atoms with Crippen molar-refractivity contribution in [1.82, 2.24) is 19.1 Å². The molecule has 0 saturated heterocycles. The molecule has 0 unspecified atom stereocenters. The van der Waals surface area contributed by atoms with E-state index in [2.05, 4.69) is 9.97 Å². The molecule has 0 atom stereocenters. The highest BCUT2D eigenvalue weighted by atomic mass is 16.1. The summed E-state index contributed by atoms with van der Waals surface area (Å²) in [7, 11) is 0. The van der Waals surface area contributed by atoms with Crippen molar-refractivity contribution in [1.29, 1.82) is 0 Å². The van der Waals surface area contributed by atoms with Crippen molar-refractivity contribution in [2.75, 3.05) is 0 Å². The van der Waals surface area contributed by atoms with Crippen molar-refractivity contribution in [2.24, 2.45) is 0 Å². The van der Waals surface area contributed by atoms with Crippen LogP contribution >= 0.6 is 0 Å². The molecular weight excluding hydrogens is 216 g/mol. The van der Waals surface area contributed by atoms with Gasteiger partial charge in [0.25, 0.3) is 0 Å². The zero-order valence-electron chi connectivity index (χ0n) is 9.90. The van der Waals surface area contributed by atoms with E-state index >= 15 is 0 Å². The Morgan fingerprint density at radius 1 is 1.18 bits per heavy atom. The van der Waals surface area contributed by atoms with E-state index in [1.807, 2.05) is 26.0 Å². The Balaban J connectivity index is 2.54. The second kappa shape index (κ2) is 3.48. The van der Waals surface area contributed by atoms with Crippen LogP contribution < -0.4 is 5.69 Å². The molecule has 2 heterocycles. The molecule has 1 aromatic carbocycles. The predicted octanol–water partition coefficient (Wildman–Crippen LogP) is 1.72. The number of hydrogen-bond donors (Lipinski definition) is 1. The van der Waals surface area contributed by atoms with E-state index in [-0.39, 0.29) is 5.69 Å². The van der Waals surface area contributed by atoms with E-state index in [0.717, 1.165) is 22.1 Å².